The lowest BCUT2D eigenvalue weighted by Gasteiger charge is -2.39. The minimum atomic E-state index is -0.783. The smallest absolute Gasteiger partial charge is 0.240 e. The van der Waals surface area contributed by atoms with E-state index in [0.717, 1.165) is 20.9 Å². The molecule has 2 aromatic heterocycles. The summed E-state index contributed by atoms with van der Waals surface area (Å²) in [6, 6.07) is 15.6. The van der Waals surface area contributed by atoms with Gasteiger partial charge in [-0.2, -0.15) is 5.26 Å². The number of nitriles is 1. The summed E-state index contributed by atoms with van der Waals surface area (Å²) >= 11 is 3.11. The Bertz CT molecular complexity index is 1110. The summed E-state index contributed by atoms with van der Waals surface area (Å²) in [5.74, 6) is -0.262. The van der Waals surface area contributed by atoms with Crippen LogP contribution < -0.4 is 5.73 Å². The van der Waals surface area contributed by atoms with Crippen LogP contribution in [0.5, 0.6) is 0 Å². The number of amides is 1. The summed E-state index contributed by atoms with van der Waals surface area (Å²) in [5.41, 5.74) is 7.88. The average molecular weight is 407 g/mol. The third-order valence-electron chi connectivity index (χ3n) is 5.08. The van der Waals surface area contributed by atoms with Gasteiger partial charge in [0, 0.05) is 16.8 Å². The Kier molecular flexibility index (Phi) is 4.53. The van der Waals surface area contributed by atoms with Crippen molar-refractivity contribution < 1.29 is 4.79 Å². The molecule has 140 valence electrons. The summed E-state index contributed by atoms with van der Waals surface area (Å²) in [7, 11) is 1.66. The molecule has 1 amide bonds. The first-order chi connectivity index (χ1) is 13.4. The van der Waals surface area contributed by atoms with E-state index in [9.17, 15) is 4.79 Å². The van der Waals surface area contributed by atoms with Crippen molar-refractivity contribution in [2.24, 2.45) is 10.7 Å². The zero-order valence-corrected chi connectivity index (χ0v) is 17.1. The number of rotatable bonds is 3. The lowest BCUT2D eigenvalue weighted by molar-refractivity contribution is -0.130. The molecular formula is C21H18N4OS2. The highest BCUT2D eigenvalue weighted by Gasteiger charge is 2.48. The van der Waals surface area contributed by atoms with Gasteiger partial charge in [0.05, 0.1) is 11.6 Å². The number of guanidine groups is 1. The number of hydrogen-bond donors (Lipinski definition) is 1. The third-order valence-corrected chi connectivity index (χ3v) is 7.18. The largest absolute Gasteiger partial charge is 0.369 e. The fourth-order valence-corrected chi connectivity index (χ4v) is 5.49. The summed E-state index contributed by atoms with van der Waals surface area (Å²) in [6.45, 7) is 1.97. The van der Waals surface area contributed by atoms with E-state index in [-0.39, 0.29) is 11.9 Å². The van der Waals surface area contributed by atoms with Crippen molar-refractivity contribution in [1.29, 1.82) is 5.26 Å². The molecule has 0 radical (unpaired) electrons. The van der Waals surface area contributed by atoms with E-state index in [1.54, 1.807) is 35.8 Å². The highest BCUT2D eigenvalue weighted by atomic mass is 32.1. The number of likely N-dealkylation sites (N-methyl/N-ethyl adjacent to an activating group) is 1. The fraction of sp³-hybridized carbons (Fsp3) is 0.190. The number of aliphatic imine (C=N–C) groups is 1. The van der Waals surface area contributed by atoms with E-state index in [1.807, 2.05) is 48.0 Å². The molecule has 1 aliphatic heterocycles. The van der Waals surface area contributed by atoms with Crippen LogP contribution in [0.3, 0.4) is 0 Å². The van der Waals surface area contributed by atoms with Crippen LogP contribution in [0.25, 0.3) is 11.1 Å². The van der Waals surface area contributed by atoms with E-state index in [0.29, 0.717) is 5.56 Å². The number of benzene rings is 1. The van der Waals surface area contributed by atoms with Crippen molar-refractivity contribution in [3.8, 4) is 17.2 Å². The van der Waals surface area contributed by atoms with Crippen molar-refractivity contribution in [3.63, 3.8) is 0 Å². The molecule has 5 nitrogen and oxygen atoms in total. The number of nitrogens with zero attached hydrogens (tertiary/aromatic N) is 3. The molecular weight excluding hydrogens is 388 g/mol. The quantitative estimate of drug-likeness (QED) is 0.710. The minimum absolute atomic E-state index is 0.0566. The number of thiophene rings is 2. The molecule has 28 heavy (non-hydrogen) atoms. The summed E-state index contributed by atoms with van der Waals surface area (Å²) in [6.07, 6.45) is 0. The van der Waals surface area contributed by atoms with Gasteiger partial charge in [0.15, 0.2) is 5.96 Å². The SMILES string of the molecule is CN1C(=O)C(c2cccs2)[C@@](C)(c2cc(-c3cccc(C#N)c3)cs2)N=C1N. The predicted octanol–water partition coefficient (Wildman–Crippen LogP) is 4.13. The van der Waals surface area contributed by atoms with Crippen LogP contribution in [0, 0.1) is 11.3 Å². The maximum Gasteiger partial charge on any atom is 0.240 e. The second-order valence-electron chi connectivity index (χ2n) is 6.86. The Hall–Kier alpha value is -2.95. The molecule has 3 heterocycles. The Balaban J connectivity index is 1.83. The van der Waals surface area contributed by atoms with Crippen molar-refractivity contribution in [2.45, 2.75) is 18.4 Å². The average Bonchev–Trinajstić information content (AvgIpc) is 3.39. The second-order valence-corrected chi connectivity index (χ2v) is 8.75. The number of carbonyl (C=O) groups is 1. The molecule has 0 fully saturated rings. The maximum absolute atomic E-state index is 13.1. The Morgan fingerprint density at radius 3 is 2.75 bits per heavy atom. The molecule has 1 aliphatic rings. The normalized spacial score (nSPS) is 22.0. The van der Waals surface area contributed by atoms with Gasteiger partial charge in [-0.05, 0) is 53.1 Å². The molecule has 0 saturated carbocycles. The number of carbonyl (C=O) groups excluding carboxylic acids is 1. The van der Waals surface area contributed by atoms with E-state index in [2.05, 4.69) is 12.1 Å². The molecule has 1 aromatic carbocycles. The topological polar surface area (TPSA) is 82.5 Å². The lowest BCUT2D eigenvalue weighted by Crippen LogP contribution is -2.52. The first kappa shape index (κ1) is 18.4. The fourth-order valence-electron chi connectivity index (χ4n) is 3.50. The zero-order chi connectivity index (χ0) is 19.9. The van der Waals surface area contributed by atoms with E-state index < -0.39 is 11.5 Å². The van der Waals surface area contributed by atoms with Crippen LogP contribution in [0.4, 0.5) is 0 Å². The van der Waals surface area contributed by atoms with E-state index in [4.69, 9.17) is 16.0 Å². The van der Waals surface area contributed by atoms with Gasteiger partial charge in [0.2, 0.25) is 5.91 Å². The van der Waals surface area contributed by atoms with Gasteiger partial charge in [-0.25, -0.2) is 4.99 Å². The lowest BCUT2D eigenvalue weighted by atomic mass is 9.81. The highest BCUT2D eigenvalue weighted by Crippen LogP contribution is 2.47. The zero-order valence-electron chi connectivity index (χ0n) is 15.4. The summed E-state index contributed by atoms with van der Waals surface area (Å²) in [4.78, 5) is 21.2. The second kappa shape index (κ2) is 6.89. The van der Waals surface area contributed by atoms with Gasteiger partial charge >= 0.3 is 0 Å². The van der Waals surface area contributed by atoms with Crippen molar-refractivity contribution in [3.05, 3.63) is 68.5 Å². The van der Waals surface area contributed by atoms with E-state index in [1.165, 1.54) is 4.90 Å². The molecule has 2 N–H and O–H groups in total. The maximum atomic E-state index is 13.1. The Morgan fingerprint density at radius 2 is 2.04 bits per heavy atom. The number of hydrogen-bond acceptors (Lipinski definition) is 6. The molecule has 0 aliphatic carbocycles. The van der Waals surface area contributed by atoms with Crippen LogP contribution in [-0.4, -0.2) is 23.8 Å². The van der Waals surface area contributed by atoms with Gasteiger partial charge < -0.3 is 5.73 Å². The highest BCUT2D eigenvalue weighted by molar-refractivity contribution is 7.11. The van der Waals surface area contributed by atoms with E-state index >= 15 is 0 Å². The minimum Gasteiger partial charge on any atom is -0.369 e. The number of nitrogens with two attached hydrogens (primary N) is 1. The summed E-state index contributed by atoms with van der Waals surface area (Å²) in [5, 5.41) is 13.2. The first-order valence-electron chi connectivity index (χ1n) is 8.70. The third kappa shape index (κ3) is 2.91. The molecule has 2 atom stereocenters. The Labute approximate surface area is 171 Å². The van der Waals surface area contributed by atoms with Gasteiger partial charge in [0.1, 0.15) is 11.5 Å². The first-order valence-corrected chi connectivity index (χ1v) is 10.5. The standard InChI is InChI=1S/C21H18N4OS2/c1-21(17-10-15(12-28-17)14-6-3-5-13(9-14)11-22)18(16-7-4-8-27-16)19(26)25(2)20(23)24-21/h3-10,12,18H,1-2H3,(H2,23,24)/t18?,21-/m1/s1. The van der Waals surface area contributed by atoms with Crippen LogP contribution in [0.15, 0.2) is 58.2 Å². The molecule has 0 saturated heterocycles. The van der Waals surface area contributed by atoms with Gasteiger partial charge in [0.25, 0.3) is 0 Å². The van der Waals surface area contributed by atoms with Crippen LogP contribution >= 0.6 is 22.7 Å². The van der Waals surface area contributed by atoms with Gasteiger partial charge in [-0.1, -0.05) is 18.2 Å². The molecule has 0 bridgehead atoms. The molecule has 7 heteroatoms. The van der Waals surface area contributed by atoms with Crippen molar-refractivity contribution in [1.82, 2.24) is 4.90 Å². The van der Waals surface area contributed by atoms with Gasteiger partial charge in [-0.3, -0.25) is 9.69 Å². The monoisotopic (exact) mass is 406 g/mol. The van der Waals surface area contributed by atoms with Crippen molar-refractivity contribution >= 4 is 34.5 Å². The van der Waals surface area contributed by atoms with Crippen LogP contribution in [-0.2, 0) is 10.3 Å². The van der Waals surface area contributed by atoms with Gasteiger partial charge in [-0.15, -0.1) is 22.7 Å². The molecule has 0 spiro atoms. The van der Waals surface area contributed by atoms with Crippen molar-refractivity contribution in [2.75, 3.05) is 7.05 Å². The predicted molar refractivity (Wildman–Crippen MR) is 113 cm³/mol. The molecule has 1 unspecified atom stereocenters. The molecule has 4 rings (SSSR count). The van der Waals surface area contributed by atoms with Crippen LogP contribution in [0.2, 0.25) is 0 Å². The molecule has 3 aromatic rings. The summed E-state index contributed by atoms with van der Waals surface area (Å²) < 4.78 is 0. The van der Waals surface area contributed by atoms with Crippen LogP contribution in [0.1, 0.15) is 28.2 Å². The Morgan fingerprint density at radius 1 is 1.21 bits per heavy atom.